The second-order valence-corrected chi connectivity index (χ2v) is 9.85. The van der Waals surface area contributed by atoms with Crippen molar-refractivity contribution in [2.45, 2.75) is 25.5 Å². The summed E-state index contributed by atoms with van der Waals surface area (Å²) in [6.07, 6.45) is 0.481. The van der Waals surface area contributed by atoms with Gasteiger partial charge in [0.05, 0.1) is 24.2 Å². The normalized spacial score (nSPS) is 34.6. The Labute approximate surface area is 139 Å². The lowest BCUT2D eigenvalue weighted by molar-refractivity contribution is -0.141. The molecule has 0 bridgehead atoms. The van der Waals surface area contributed by atoms with Gasteiger partial charge in [-0.3, -0.25) is 4.79 Å². The summed E-state index contributed by atoms with van der Waals surface area (Å²) in [6.45, 7) is 8.97. The highest BCUT2D eigenvalue weighted by Crippen LogP contribution is 2.38. The Morgan fingerprint density at radius 3 is 2.57 bits per heavy atom. The van der Waals surface area contributed by atoms with E-state index in [1.54, 1.807) is 0 Å². The molecule has 6 nitrogen and oxygen atoms in total. The van der Waals surface area contributed by atoms with Crippen LogP contribution in [0.5, 0.6) is 0 Å². The highest BCUT2D eigenvalue weighted by Gasteiger charge is 2.51. The largest absolute Gasteiger partial charge is 0.378 e. The van der Waals surface area contributed by atoms with Crippen LogP contribution < -0.4 is 0 Å². The number of carbonyl (C=O) groups excluding carboxylic acids is 1. The third-order valence-electron chi connectivity index (χ3n) is 5.34. The van der Waals surface area contributed by atoms with Crippen LogP contribution in [0.1, 0.15) is 20.3 Å². The van der Waals surface area contributed by atoms with Crippen LogP contribution in [0.3, 0.4) is 0 Å². The molecule has 0 spiro atoms. The maximum Gasteiger partial charge on any atom is 0.226 e. The van der Waals surface area contributed by atoms with Gasteiger partial charge in [0.2, 0.25) is 5.91 Å². The third-order valence-corrected chi connectivity index (χ3v) is 7.57. The van der Waals surface area contributed by atoms with Gasteiger partial charge in [0.25, 0.3) is 0 Å². The molecule has 0 aliphatic carbocycles. The SMILES string of the molecule is CC(C)CN1C[C@H]2[C@@H](C1)S(=O)(=O)CC[C@H]2C(=O)N1CCOCC1. The van der Waals surface area contributed by atoms with Gasteiger partial charge in [0.1, 0.15) is 0 Å². The van der Waals surface area contributed by atoms with Crippen molar-refractivity contribution in [1.82, 2.24) is 9.80 Å². The zero-order chi connectivity index (χ0) is 16.6. The predicted molar refractivity (Wildman–Crippen MR) is 87.8 cm³/mol. The standard InChI is InChI=1S/C16H28N2O4S/c1-12(2)9-17-10-14-13(3-8-23(20,21)15(14)11-17)16(19)18-4-6-22-7-5-18/h12-15H,3-11H2,1-2H3/t13-,14-,15-/m1/s1. The van der Waals surface area contributed by atoms with Crippen molar-refractivity contribution in [3.63, 3.8) is 0 Å². The van der Waals surface area contributed by atoms with Crippen molar-refractivity contribution in [2.24, 2.45) is 17.8 Å². The molecule has 3 aliphatic heterocycles. The Hall–Kier alpha value is -0.660. The Bertz CT molecular complexity index is 542. The zero-order valence-electron chi connectivity index (χ0n) is 14.1. The van der Waals surface area contributed by atoms with E-state index in [0.717, 1.165) is 13.1 Å². The molecule has 3 atom stereocenters. The molecule has 3 fully saturated rings. The number of fused-ring (bicyclic) bond motifs is 1. The van der Waals surface area contributed by atoms with Crippen molar-refractivity contribution < 1.29 is 17.9 Å². The number of hydrogen-bond donors (Lipinski definition) is 0. The molecule has 0 aromatic rings. The van der Waals surface area contributed by atoms with E-state index in [2.05, 4.69) is 18.7 Å². The lowest BCUT2D eigenvalue weighted by atomic mass is 9.87. The summed E-state index contributed by atoms with van der Waals surface area (Å²) in [7, 11) is -3.06. The maximum absolute atomic E-state index is 12.9. The number of hydrogen-bond acceptors (Lipinski definition) is 5. The number of nitrogens with zero attached hydrogens (tertiary/aromatic N) is 2. The lowest BCUT2D eigenvalue weighted by Gasteiger charge is -2.36. The van der Waals surface area contributed by atoms with Crippen molar-refractivity contribution >= 4 is 15.7 Å². The van der Waals surface area contributed by atoms with Crippen LogP contribution in [0, 0.1) is 17.8 Å². The third kappa shape index (κ3) is 3.56. The molecule has 0 radical (unpaired) electrons. The lowest BCUT2D eigenvalue weighted by Crippen LogP contribution is -2.50. The fourth-order valence-corrected chi connectivity index (χ4v) is 6.42. The average molecular weight is 344 g/mol. The summed E-state index contributed by atoms with van der Waals surface area (Å²) in [6, 6.07) is 0. The topological polar surface area (TPSA) is 66.9 Å². The van der Waals surface area contributed by atoms with Gasteiger partial charge in [-0.05, 0) is 12.3 Å². The second-order valence-electron chi connectivity index (χ2n) is 7.51. The molecule has 3 saturated heterocycles. The average Bonchev–Trinajstić information content (AvgIpc) is 2.92. The van der Waals surface area contributed by atoms with Gasteiger partial charge in [0.15, 0.2) is 9.84 Å². The molecule has 3 aliphatic rings. The van der Waals surface area contributed by atoms with E-state index in [1.807, 2.05) is 4.90 Å². The molecule has 0 aromatic carbocycles. The summed E-state index contributed by atoms with van der Waals surface area (Å²) in [4.78, 5) is 17.0. The first kappa shape index (κ1) is 17.2. The van der Waals surface area contributed by atoms with E-state index >= 15 is 0 Å². The molecule has 1 amide bonds. The second kappa shape index (κ2) is 6.69. The fourth-order valence-electron chi connectivity index (χ4n) is 4.29. The van der Waals surface area contributed by atoms with Crippen LogP contribution in [0.4, 0.5) is 0 Å². The molecule has 3 heterocycles. The summed E-state index contributed by atoms with van der Waals surface area (Å²) >= 11 is 0. The molecule has 7 heteroatoms. The highest BCUT2D eigenvalue weighted by atomic mass is 32.2. The smallest absolute Gasteiger partial charge is 0.226 e. The number of sulfone groups is 1. The quantitative estimate of drug-likeness (QED) is 0.734. The minimum absolute atomic E-state index is 0.0390. The number of ether oxygens (including phenoxy) is 1. The van der Waals surface area contributed by atoms with Gasteiger partial charge < -0.3 is 14.5 Å². The monoisotopic (exact) mass is 344 g/mol. The van der Waals surface area contributed by atoms with Gasteiger partial charge in [-0.2, -0.15) is 0 Å². The number of morpholine rings is 1. The van der Waals surface area contributed by atoms with Crippen molar-refractivity contribution in [3.05, 3.63) is 0 Å². The molecular weight excluding hydrogens is 316 g/mol. The van der Waals surface area contributed by atoms with E-state index in [-0.39, 0.29) is 28.7 Å². The Balaban J connectivity index is 1.75. The van der Waals surface area contributed by atoms with E-state index in [1.165, 1.54) is 0 Å². The first-order valence-electron chi connectivity index (χ1n) is 8.69. The van der Waals surface area contributed by atoms with Crippen molar-refractivity contribution in [2.75, 3.05) is 51.7 Å². The minimum Gasteiger partial charge on any atom is -0.378 e. The Kier molecular flexibility index (Phi) is 4.99. The highest BCUT2D eigenvalue weighted by molar-refractivity contribution is 7.92. The molecule has 3 rings (SSSR count). The maximum atomic E-state index is 12.9. The van der Waals surface area contributed by atoms with Crippen LogP contribution >= 0.6 is 0 Å². The van der Waals surface area contributed by atoms with Crippen molar-refractivity contribution in [3.8, 4) is 0 Å². The van der Waals surface area contributed by atoms with Gasteiger partial charge in [0, 0.05) is 44.6 Å². The van der Waals surface area contributed by atoms with E-state index in [0.29, 0.717) is 45.2 Å². The Morgan fingerprint density at radius 1 is 1.22 bits per heavy atom. The van der Waals surface area contributed by atoms with Gasteiger partial charge in [-0.1, -0.05) is 13.8 Å². The summed E-state index contributed by atoms with van der Waals surface area (Å²) < 4.78 is 30.3. The molecule has 0 aromatic heterocycles. The van der Waals surface area contributed by atoms with Crippen LogP contribution in [-0.2, 0) is 19.4 Å². The molecular formula is C16H28N2O4S. The van der Waals surface area contributed by atoms with E-state index < -0.39 is 9.84 Å². The molecule has 23 heavy (non-hydrogen) atoms. The molecule has 0 saturated carbocycles. The van der Waals surface area contributed by atoms with Crippen LogP contribution in [0.2, 0.25) is 0 Å². The summed E-state index contributed by atoms with van der Waals surface area (Å²) in [5.41, 5.74) is 0. The zero-order valence-corrected chi connectivity index (χ0v) is 14.9. The molecule has 132 valence electrons. The number of rotatable bonds is 3. The number of carbonyl (C=O) groups is 1. The van der Waals surface area contributed by atoms with Crippen LogP contribution in [0.25, 0.3) is 0 Å². The molecule has 0 N–H and O–H groups in total. The van der Waals surface area contributed by atoms with Gasteiger partial charge in [-0.15, -0.1) is 0 Å². The van der Waals surface area contributed by atoms with Gasteiger partial charge >= 0.3 is 0 Å². The van der Waals surface area contributed by atoms with Crippen LogP contribution in [0.15, 0.2) is 0 Å². The van der Waals surface area contributed by atoms with E-state index in [9.17, 15) is 13.2 Å². The molecule has 0 unspecified atom stereocenters. The van der Waals surface area contributed by atoms with E-state index in [4.69, 9.17) is 4.74 Å². The number of amides is 1. The van der Waals surface area contributed by atoms with Crippen molar-refractivity contribution in [1.29, 1.82) is 0 Å². The van der Waals surface area contributed by atoms with Gasteiger partial charge in [-0.25, -0.2) is 8.42 Å². The summed E-state index contributed by atoms with van der Waals surface area (Å²) in [5.74, 6) is 0.627. The van der Waals surface area contributed by atoms with Crippen LogP contribution in [-0.4, -0.2) is 81.1 Å². The first-order valence-corrected chi connectivity index (χ1v) is 10.4. The summed E-state index contributed by atoms with van der Waals surface area (Å²) in [5, 5.41) is -0.356. The Morgan fingerprint density at radius 2 is 1.91 bits per heavy atom. The predicted octanol–water partition coefficient (Wildman–Crippen LogP) is 0.236. The minimum atomic E-state index is -3.06. The fraction of sp³-hybridized carbons (Fsp3) is 0.938. The first-order chi connectivity index (χ1) is 10.9. The number of likely N-dealkylation sites (tertiary alicyclic amines) is 1.